The predicted molar refractivity (Wildman–Crippen MR) is 223 cm³/mol. The van der Waals surface area contributed by atoms with Crippen molar-refractivity contribution in [3.05, 3.63) is 212 Å². The van der Waals surface area contributed by atoms with E-state index in [2.05, 4.69) is 226 Å². The van der Waals surface area contributed by atoms with Gasteiger partial charge in [-0.2, -0.15) is 0 Å². The third-order valence-corrected chi connectivity index (χ3v) is 10.2. The van der Waals surface area contributed by atoms with E-state index in [0.29, 0.717) is 0 Å². The summed E-state index contributed by atoms with van der Waals surface area (Å²) in [6, 6.07) is 76.3. The van der Waals surface area contributed by atoms with Crippen LogP contribution in [-0.2, 0) is 0 Å². The van der Waals surface area contributed by atoms with Gasteiger partial charge in [0.05, 0.1) is 11.0 Å². The van der Waals surface area contributed by atoms with Crippen molar-refractivity contribution in [3.63, 3.8) is 0 Å². The van der Waals surface area contributed by atoms with Gasteiger partial charge in [0.2, 0.25) is 0 Å². The highest BCUT2D eigenvalue weighted by Gasteiger charge is 2.24. The van der Waals surface area contributed by atoms with Crippen LogP contribution in [0.1, 0.15) is 0 Å². The largest absolute Gasteiger partial charge is 0.310 e. The minimum absolute atomic E-state index is 1.09. The third-order valence-electron chi connectivity index (χ3n) is 10.2. The second kappa shape index (κ2) is 12.9. The zero-order valence-electron chi connectivity index (χ0n) is 29.0. The van der Waals surface area contributed by atoms with E-state index in [0.717, 1.165) is 39.6 Å². The van der Waals surface area contributed by atoms with Crippen LogP contribution in [0.25, 0.3) is 66.5 Å². The Morgan fingerprint density at radius 3 is 1.34 bits per heavy atom. The summed E-state index contributed by atoms with van der Waals surface area (Å²) >= 11 is 0. The van der Waals surface area contributed by atoms with E-state index >= 15 is 0 Å². The van der Waals surface area contributed by atoms with Gasteiger partial charge in [-0.25, -0.2) is 0 Å². The van der Waals surface area contributed by atoms with E-state index in [1.165, 1.54) is 43.9 Å². The van der Waals surface area contributed by atoms with E-state index in [1.807, 2.05) is 0 Å². The molecule has 0 N–H and O–H groups in total. The molecule has 53 heavy (non-hydrogen) atoms. The van der Waals surface area contributed by atoms with Crippen molar-refractivity contribution in [1.29, 1.82) is 0 Å². The Kier molecular flexibility index (Phi) is 7.47. The second-order valence-electron chi connectivity index (χ2n) is 13.4. The molecule has 10 aromatic rings. The Labute approximate surface area is 308 Å². The lowest BCUT2D eigenvalue weighted by atomic mass is 9.97. The van der Waals surface area contributed by atoms with Gasteiger partial charge in [0.1, 0.15) is 5.65 Å². The summed E-state index contributed by atoms with van der Waals surface area (Å²) in [4.78, 5) is 2.40. The van der Waals surface area contributed by atoms with Crippen LogP contribution in [0.5, 0.6) is 0 Å². The number of hydrogen-bond donors (Lipinski definition) is 0. The number of benzene rings is 8. The van der Waals surface area contributed by atoms with Crippen LogP contribution in [0.3, 0.4) is 0 Å². The summed E-state index contributed by atoms with van der Waals surface area (Å²) in [5.74, 6) is 0. The molecule has 0 aliphatic carbocycles. The Morgan fingerprint density at radius 2 is 0.774 bits per heavy atom. The van der Waals surface area contributed by atoms with E-state index in [-0.39, 0.29) is 0 Å². The van der Waals surface area contributed by atoms with Crippen molar-refractivity contribution >= 4 is 49.9 Å². The maximum absolute atomic E-state index is 2.43. The monoisotopic (exact) mass is 677 g/mol. The van der Waals surface area contributed by atoms with E-state index < -0.39 is 0 Å². The Hall–Kier alpha value is -7.10. The number of para-hydroxylation sites is 4. The zero-order chi connectivity index (χ0) is 35.1. The van der Waals surface area contributed by atoms with Gasteiger partial charge < -0.3 is 4.90 Å². The van der Waals surface area contributed by atoms with Gasteiger partial charge in [-0.3, -0.25) is 9.13 Å². The summed E-state index contributed by atoms with van der Waals surface area (Å²) in [7, 11) is 0. The maximum atomic E-state index is 2.43. The lowest BCUT2D eigenvalue weighted by Gasteiger charge is -2.27. The summed E-state index contributed by atoms with van der Waals surface area (Å²) in [6.07, 6.45) is 0. The molecule has 0 atom stereocenters. The van der Waals surface area contributed by atoms with Crippen molar-refractivity contribution < 1.29 is 0 Å². The van der Waals surface area contributed by atoms with Gasteiger partial charge in [0, 0.05) is 44.6 Å². The van der Waals surface area contributed by atoms with E-state index in [9.17, 15) is 0 Å². The van der Waals surface area contributed by atoms with Crippen molar-refractivity contribution in [1.82, 2.24) is 9.13 Å². The van der Waals surface area contributed by atoms with Crippen molar-refractivity contribution in [3.8, 4) is 33.6 Å². The normalized spacial score (nSPS) is 11.4. The Bertz CT molecular complexity index is 2800. The SMILES string of the molecule is c1ccc(-c2cc(-c3ccccc3)cc(N(c3ccccc3)c3ccc4c(c3)c3c5ccccc5n(-c5ccccc5)c3n4-c3ccccc3)c2)cc1. The van der Waals surface area contributed by atoms with Gasteiger partial charge in [-0.1, -0.05) is 133 Å². The topological polar surface area (TPSA) is 13.1 Å². The van der Waals surface area contributed by atoms with Crippen molar-refractivity contribution in [2.45, 2.75) is 0 Å². The molecule has 0 aliphatic rings. The first-order valence-corrected chi connectivity index (χ1v) is 18.1. The number of rotatable bonds is 7. The molecule has 250 valence electrons. The van der Waals surface area contributed by atoms with Crippen LogP contribution >= 0.6 is 0 Å². The molecule has 0 bridgehead atoms. The van der Waals surface area contributed by atoms with Crippen molar-refractivity contribution in [2.75, 3.05) is 4.90 Å². The Morgan fingerprint density at radius 1 is 0.302 bits per heavy atom. The summed E-state index contributed by atoms with van der Waals surface area (Å²) in [6.45, 7) is 0. The first-order valence-electron chi connectivity index (χ1n) is 18.1. The molecule has 3 nitrogen and oxygen atoms in total. The van der Waals surface area contributed by atoms with Crippen LogP contribution < -0.4 is 4.90 Å². The van der Waals surface area contributed by atoms with Gasteiger partial charge in [0.25, 0.3) is 0 Å². The summed E-state index contributed by atoms with van der Waals surface area (Å²) in [5, 5.41) is 3.67. The van der Waals surface area contributed by atoms with Gasteiger partial charge in [0.15, 0.2) is 0 Å². The number of nitrogens with zero attached hydrogens (tertiary/aromatic N) is 3. The molecule has 10 rings (SSSR count). The molecule has 2 aromatic heterocycles. The van der Waals surface area contributed by atoms with Crippen molar-refractivity contribution in [2.24, 2.45) is 0 Å². The molecular formula is C50H35N3. The third kappa shape index (κ3) is 5.30. The molecule has 0 spiro atoms. The average Bonchev–Trinajstić information content (AvgIpc) is 3.75. The van der Waals surface area contributed by atoms with Crippen LogP contribution in [0.4, 0.5) is 17.1 Å². The average molecular weight is 678 g/mol. The predicted octanol–water partition coefficient (Wildman–Crippen LogP) is 13.5. The van der Waals surface area contributed by atoms with Crippen LogP contribution in [-0.4, -0.2) is 9.13 Å². The highest BCUT2D eigenvalue weighted by Crippen LogP contribution is 2.45. The fourth-order valence-electron chi connectivity index (χ4n) is 7.91. The van der Waals surface area contributed by atoms with E-state index in [1.54, 1.807) is 0 Å². The first-order chi connectivity index (χ1) is 26.3. The molecule has 0 aliphatic heterocycles. The lowest BCUT2D eigenvalue weighted by Crippen LogP contribution is -2.10. The van der Waals surface area contributed by atoms with Gasteiger partial charge in [-0.05, 0) is 101 Å². The lowest BCUT2D eigenvalue weighted by molar-refractivity contribution is 1.07. The molecule has 2 heterocycles. The molecule has 0 saturated carbocycles. The molecule has 0 radical (unpaired) electrons. The number of anilines is 3. The molecule has 3 heteroatoms. The second-order valence-corrected chi connectivity index (χ2v) is 13.4. The van der Waals surface area contributed by atoms with Gasteiger partial charge >= 0.3 is 0 Å². The highest BCUT2D eigenvalue weighted by molar-refractivity contribution is 6.23. The molecule has 0 amide bonds. The minimum atomic E-state index is 1.09. The quantitative estimate of drug-likeness (QED) is 0.164. The summed E-state index contributed by atoms with van der Waals surface area (Å²) < 4.78 is 4.85. The summed E-state index contributed by atoms with van der Waals surface area (Å²) in [5.41, 5.74) is 13.8. The maximum Gasteiger partial charge on any atom is 0.131 e. The van der Waals surface area contributed by atoms with Crippen LogP contribution in [0.2, 0.25) is 0 Å². The smallest absolute Gasteiger partial charge is 0.131 e. The molecule has 8 aromatic carbocycles. The minimum Gasteiger partial charge on any atom is -0.310 e. The first kappa shape index (κ1) is 30.7. The van der Waals surface area contributed by atoms with Gasteiger partial charge in [-0.15, -0.1) is 0 Å². The van der Waals surface area contributed by atoms with Crippen LogP contribution in [0.15, 0.2) is 212 Å². The standard InChI is InChI=1S/C50H35N3/c1-6-18-36(19-7-1)38-32-39(37-20-8-2-9-21-37)34-44(33-38)51(40-22-10-3-11-23-40)43-30-31-48-46(35-43)49-45-28-16-17-29-47(45)52(41-24-12-4-13-25-41)50(49)53(48)42-26-14-5-15-27-42/h1-35H. The molecular weight excluding hydrogens is 643 g/mol. The fraction of sp³-hybridized carbons (Fsp3) is 0. The zero-order valence-corrected chi connectivity index (χ0v) is 29.0. The highest BCUT2D eigenvalue weighted by atomic mass is 15.2. The number of aromatic nitrogens is 2. The Balaban J connectivity index is 1.28. The number of fused-ring (bicyclic) bond motifs is 5. The molecule has 0 saturated heterocycles. The molecule has 0 unspecified atom stereocenters. The fourth-order valence-corrected chi connectivity index (χ4v) is 7.91. The number of hydrogen-bond acceptors (Lipinski definition) is 1. The molecule has 0 fully saturated rings. The van der Waals surface area contributed by atoms with E-state index in [4.69, 9.17) is 0 Å². The van der Waals surface area contributed by atoms with Crippen LogP contribution in [0, 0.1) is 0 Å².